The molecule has 144 valence electrons. The lowest BCUT2D eigenvalue weighted by Gasteiger charge is -2.15. The van der Waals surface area contributed by atoms with Crippen molar-refractivity contribution in [1.29, 1.82) is 0 Å². The number of rotatable bonds is 5. The van der Waals surface area contributed by atoms with Crippen LogP contribution in [0.25, 0.3) is 11.5 Å². The summed E-state index contributed by atoms with van der Waals surface area (Å²) in [6.07, 6.45) is 6.33. The van der Waals surface area contributed by atoms with Gasteiger partial charge in [-0.1, -0.05) is 0 Å². The van der Waals surface area contributed by atoms with E-state index in [1.54, 1.807) is 37.8 Å². The van der Waals surface area contributed by atoms with Crippen molar-refractivity contribution >= 4 is 23.3 Å². The Balaban J connectivity index is 1.55. The Labute approximate surface area is 159 Å². The van der Waals surface area contributed by atoms with Crippen LogP contribution in [0.1, 0.15) is 16.9 Å². The summed E-state index contributed by atoms with van der Waals surface area (Å²) in [5, 5.41) is 16.3. The molecule has 0 aliphatic carbocycles. The summed E-state index contributed by atoms with van der Waals surface area (Å²) in [4.78, 5) is 34.5. The van der Waals surface area contributed by atoms with Crippen molar-refractivity contribution in [3.8, 4) is 11.5 Å². The van der Waals surface area contributed by atoms with Gasteiger partial charge in [-0.05, 0) is 12.1 Å². The number of nitrogens with one attached hydrogen (secondary N) is 1. The van der Waals surface area contributed by atoms with E-state index in [1.807, 2.05) is 0 Å². The van der Waals surface area contributed by atoms with E-state index in [2.05, 4.69) is 20.4 Å². The number of oxazole rings is 1. The van der Waals surface area contributed by atoms with Crippen LogP contribution in [-0.4, -0.2) is 49.8 Å². The van der Waals surface area contributed by atoms with Crippen molar-refractivity contribution in [2.24, 2.45) is 13.0 Å². The van der Waals surface area contributed by atoms with E-state index in [1.165, 1.54) is 15.8 Å². The van der Waals surface area contributed by atoms with Crippen molar-refractivity contribution < 1.29 is 19.1 Å². The molecule has 1 saturated heterocycles. The lowest BCUT2D eigenvalue weighted by molar-refractivity contribution is -0.117. The van der Waals surface area contributed by atoms with E-state index in [9.17, 15) is 14.7 Å². The standard InChI is InChI=1S/C18H18N6O4/c1-23-8-13(16(22-23)24-7-11(9-25)6-15(24)26)20-17(27)14-10-28-18(21-14)12-2-4-19-5-3-12/h2-5,8,10-11,25H,6-7,9H2,1H3,(H,20,27). The highest BCUT2D eigenvalue weighted by atomic mass is 16.3. The molecule has 4 rings (SSSR count). The van der Waals surface area contributed by atoms with Gasteiger partial charge < -0.3 is 14.8 Å². The van der Waals surface area contributed by atoms with Crippen molar-refractivity contribution in [1.82, 2.24) is 19.7 Å². The average molecular weight is 382 g/mol. The van der Waals surface area contributed by atoms with Crippen LogP contribution in [-0.2, 0) is 11.8 Å². The molecule has 0 bridgehead atoms. The van der Waals surface area contributed by atoms with Gasteiger partial charge in [-0.25, -0.2) is 4.98 Å². The maximum absolute atomic E-state index is 12.6. The fourth-order valence-electron chi connectivity index (χ4n) is 3.06. The van der Waals surface area contributed by atoms with Gasteiger partial charge in [-0.3, -0.25) is 24.2 Å². The van der Waals surface area contributed by atoms with Crippen molar-refractivity contribution in [3.63, 3.8) is 0 Å². The SMILES string of the molecule is Cn1cc(NC(=O)c2coc(-c3ccncc3)n2)c(N2CC(CO)CC2=O)n1. The minimum absolute atomic E-state index is 0.0759. The summed E-state index contributed by atoms with van der Waals surface area (Å²) in [5.41, 5.74) is 1.18. The van der Waals surface area contributed by atoms with Crippen LogP contribution in [0.5, 0.6) is 0 Å². The molecule has 10 nitrogen and oxygen atoms in total. The Morgan fingerprint density at radius 2 is 2.18 bits per heavy atom. The second kappa shape index (κ2) is 7.24. The van der Waals surface area contributed by atoms with E-state index < -0.39 is 5.91 Å². The number of aliphatic hydroxyl groups excluding tert-OH is 1. The van der Waals surface area contributed by atoms with Gasteiger partial charge in [0.25, 0.3) is 5.91 Å². The van der Waals surface area contributed by atoms with E-state index in [0.717, 1.165) is 0 Å². The van der Waals surface area contributed by atoms with Crippen molar-refractivity contribution in [2.75, 3.05) is 23.4 Å². The van der Waals surface area contributed by atoms with E-state index in [0.29, 0.717) is 29.5 Å². The first-order chi connectivity index (χ1) is 13.5. The molecule has 4 heterocycles. The number of aryl methyl sites for hydroxylation is 1. The molecular weight excluding hydrogens is 364 g/mol. The Morgan fingerprint density at radius 1 is 1.39 bits per heavy atom. The van der Waals surface area contributed by atoms with E-state index in [4.69, 9.17) is 4.42 Å². The number of aromatic nitrogens is 4. The predicted molar refractivity (Wildman–Crippen MR) is 98.4 cm³/mol. The third kappa shape index (κ3) is 3.37. The van der Waals surface area contributed by atoms with Gasteiger partial charge in [0, 0.05) is 50.5 Å². The molecule has 10 heteroatoms. The van der Waals surface area contributed by atoms with Crippen molar-refractivity contribution in [3.05, 3.63) is 42.7 Å². The molecule has 3 aromatic rings. The number of anilines is 2. The maximum atomic E-state index is 12.6. The first-order valence-electron chi connectivity index (χ1n) is 8.67. The number of carbonyl (C=O) groups is 2. The second-order valence-electron chi connectivity index (χ2n) is 6.53. The Kier molecular flexibility index (Phi) is 4.62. The molecule has 2 N–H and O–H groups in total. The quantitative estimate of drug-likeness (QED) is 0.676. The fraction of sp³-hybridized carbons (Fsp3) is 0.278. The van der Waals surface area contributed by atoms with Crippen LogP contribution >= 0.6 is 0 Å². The minimum Gasteiger partial charge on any atom is -0.444 e. The van der Waals surface area contributed by atoms with Crippen LogP contribution in [0.4, 0.5) is 11.5 Å². The highest BCUT2D eigenvalue weighted by Crippen LogP contribution is 2.30. The first-order valence-corrected chi connectivity index (χ1v) is 8.67. The summed E-state index contributed by atoms with van der Waals surface area (Å²) >= 11 is 0. The molecule has 1 atom stereocenters. The molecule has 1 fully saturated rings. The Hall–Kier alpha value is -3.53. The molecule has 28 heavy (non-hydrogen) atoms. The van der Waals surface area contributed by atoms with Crippen LogP contribution in [0, 0.1) is 5.92 Å². The van der Waals surface area contributed by atoms with Gasteiger partial charge in [0.15, 0.2) is 11.5 Å². The van der Waals surface area contributed by atoms with Gasteiger partial charge >= 0.3 is 0 Å². The Morgan fingerprint density at radius 3 is 2.89 bits per heavy atom. The molecular formula is C18H18N6O4. The molecule has 0 aromatic carbocycles. The number of carbonyl (C=O) groups excluding carboxylic acids is 2. The summed E-state index contributed by atoms with van der Waals surface area (Å²) in [6, 6.07) is 3.45. The molecule has 0 saturated carbocycles. The molecule has 0 spiro atoms. The average Bonchev–Trinajstić information content (AvgIpc) is 3.41. The predicted octanol–water partition coefficient (Wildman–Crippen LogP) is 1.07. The monoisotopic (exact) mass is 382 g/mol. The van der Waals surface area contributed by atoms with Crippen LogP contribution in [0.2, 0.25) is 0 Å². The fourth-order valence-corrected chi connectivity index (χ4v) is 3.06. The molecule has 1 aliphatic rings. The highest BCUT2D eigenvalue weighted by Gasteiger charge is 2.33. The highest BCUT2D eigenvalue weighted by molar-refractivity contribution is 6.06. The number of aliphatic hydroxyl groups is 1. The number of nitrogens with zero attached hydrogens (tertiary/aromatic N) is 5. The summed E-state index contributed by atoms with van der Waals surface area (Å²) < 4.78 is 6.89. The molecule has 0 radical (unpaired) electrons. The third-order valence-corrected chi connectivity index (χ3v) is 4.44. The van der Waals surface area contributed by atoms with Gasteiger partial charge in [0.2, 0.25) is 11.8 Å². The van der Waals surface area contributed by atoms with E-state index in [-0.39, 0.29) is 30.5 Å². The van der Waals surface area contributed by atoms with E-state index >= 15 is 0 Å². The minimum atomic E-state index is -0.483. The molecule has 1 aliphatic heterocycles. The molecule has 1 unspecified atom stereocenters. The summed E-state index contributed by atoms with van der Waals surface area (Å²) in [5.74, 6) is -0.121. The van der Waals surface area contributed by atoms with Gasteiger partial charge in [0.1, 0.15) is 12.0 Å². The third-order valence-electron chi connectivity index (χ3n) is 4.44. The number of amides is 2. The number of hydrogen-bond donors (Lipinski definition) is 2. The zero-order chi connectivity index (χ0) is 19.7. The molecule has 3 aromatic heterocycles. The van der Waals surface area contributed by atoms with Gasteiger partial charge in [0.05, 0.1) is 6.20 Å². The summed E-state index contributed by atoms with van der Waals surface area (Å²) in [6.45, 7) is 0.277. The van der Waals surface area contributed by atoms with Gasteiger partial charge in [-0.15, -0.1) is 0 Å². The number of pyridine rings is 1. The first kappa shape index (κ1) is 17.9. The van der Waals surface area contributed by atoms with Crippen LogP contribution < -0.4 is 10.2 Å². The van der Waals surface area contributed by atoms with Crippen LogP contribution in [0.15, 0.2) is 41.4 Å². The lowest BCUT2D eigenvalue weighted by Crippen LogP contribution is -2.27. The topological polar surface area (TPSA) is 126 Å². The zero-order valence-electron chi connectivity index (χ0n) is 15.1. The lowest BCUT2D eigenvalue weighted by atomic mass is 10.1. The van der Waals surface area contributed by atoms with Crippen molar-refractivity contribution in [2.45, 2.75) is 6.42 Å². The second-order valence-corrected chi connectivity index (χ2v) is 6.53. The normalized spacial score (nSPS) is 16.6. The maximum Gasteiger partial charge on any atom is 0.277 e. The van der Waals surface area contributed by atoms with Gasteiger partial charge in [-0.2, -0.15) is 5.10 Å². The smallest absolute Gasteiger partial charge is 0.277 e. The summed E-state index contributed by atoms with van der Waals surface area (Å²) in [7, 11) is 1.70. The van der Waals surface area contributed by atoms with Crippen LogP contribution in [0.3, 0.4) is 0 Å². The molecule has 2 amide bonds. The largest absolute Gasteiger partial charge is 0.444 e. The zero-order valence-corrected chi connectivity index (χ0v) is 15.1. The Bertz CT molecular complexity index is 1010. The number of hydrogen-bond acceptors (Lipinski definition) is 7.